The van der Waals surface area contributed by atoms with Crippen LogP contribution in [-0.4, -0.2) is 96.6 Å². The van der Waals surface area contributed by atoms with Crippen molar-refractivity contribution >= 4 is 38.9 Å². The van der Waals surface area contributed by atoms with Crippen LogP contribution in [0, 0.1) is 0 Å². The number of likely N-dealkylation sites (tertiary alicyclic amines) is 1. The van der Waals surface area contributed by atoms with Crippen LogP contribution in [-0.2, 0) is 28.4 Å². The number of anilines is 1. The summed E-state index contributed by atoms with van der Waals surface area (Å²) in [5.41, 5.74) is 2.43. The first-order valence-electron chi connectivity index (χ1n) is 16.8. The van der Waals surface area contributed by atoms with Gasteiger partial charge in [-0.25, -0.2) is 22.4 Å². The number of nitrogens with one attached hydrogen (secondary N) is 2. The number of alkyl carbamates (subject to hydrolysis) is 1. The highest BCUT2D eigenvalue weighted by Gasteiger charge is 2.37. The molecule has 14 heteroatoms. The zero-order chi connectivity index (χ0) is 34.2. The van der Waals surface area contributed by atoms with Gasteiger partial charge in [-0.05, 0) is 101 Å². The van der Waals surface area contributed by atoms with Gasteiger partial charge in [-0.2, -0.15) is 9.40 Å². The number of amides is 3. The summed E-state index contributed by atoms with van der Waals surface area (Å²) in [5.74, 6) is 1.08. The van der Waals surface area contributed by atoms with Gasteiger partial charge in [-0.1, -0.05) is 18.2 Å². The molecule has 2 N–H and O–H groups in total. The number of nitrogens with zero attached hydrogens (tertiary/aromatic N) is 5. The van der Waals surface area contributed by atoms with Gasteiger partial charge >= 0.3 is 12.1 Å². The predicted octanol–water partition coefficient (Wildman–Crippen LogP) is 4.50. The number of aryl methyl sites for hydroxylation is 1. The highest BCUT2D eigenvalue weighted by molar-refractivity contribution is 7.89. The van der Waals surface area contributed by atoms with Crippen LogP contribution in [0.4, 0.5) is 19.8 Å². The third kappa shape index (κ3) is 7.45. The molecule has 48 heavy (non-hydrogen) atoms. The van der Waals surface area contributed by atoms with Crippen molar-refractivity contribution < 1.29 is 27.1 Å². The number of ether oxygens (including phenoxy) is 1. The van der Waals surface area contributed by atoms with E-state index in [0.29, 0.717) is 31.4 Å². The number of carbonyl (C=O) groups is 2. The van der Waals surface area contributed by atoms with E-state index in [1.54, 1.807) is 43.9 Å². The van der Waals surface area contributed by atoms with Crippen LogP contribution < -0.4 is 15.5 Å². The molecule has 2 aromatic carbocycles. The lowest BCUT2D eigenvalue weighted by Crippen LogP contribution is -2.54. The van der Waals surface area contributed by atoms with Crippen LogP contribution in [0.1, 0.15) is 63.5 Å². The number of benzene rings is 2. The summed E-state index contributed by atoms with van der Waals surface area (Å²) in [4.78, 5) is 28.8. The molecule has 6 rings (SSSR count). The molecule has 260 valence electrons. The summed E-state index contributed by atoms with van der Waals surface area (Å²) < 4.78 is 50.4. The highest BCUT2D eigenvalue weighted by atomic mass is 32.2. The van der Waals surface area contributed by atoms with E-state index in [4.69, 9.17) is 4.74 Å². The summed E-state index contributed by atoms with van der Waals surface area (Å²) in [6.07, 6.45) is 0.701. The van der Waals surface area contributed by atoms with E-state index >= 15 is 4.39 Å². The van der Waals surface area contributed by atoms with Crippen molar-refractivity contribution in [2.24, 2.45) is 7.05 Å². The van der Waals surface area contributed by atoms with Gasteiger partial charge in [0.15, 0.2) is 5.82 Å². The average Bonchev–Trinajstić information content (AvgIpc) is 3.37. The first kappa shape index (κ1) is 34.1. The van der Waals surface area contributed by atoms with Gasteiger partial charge in [-0.3, -0.25) is 14.5 Å². The first-order chi connectivity index (χ1) is 22.8. The SMILES string of the molecule is Cn1nc(N2CCCNC2=O)c2ccc(C3CCN(Cc4cccc(S(=O)(=O)N5CC[C@H](NC(=O)OC(C)(C)C)[C@H](F)C5)c4)CC3)cc21. The third-order valence-electron chi connectivity index (χ3n) is 9.40. The van der Waals surface area contributed by atoms with Crippen molar-refractivity contribution in [2.75, 3.05) is 44.2 Å². The van der Waals surface area contributed by atoms with Crippen LogP contribution in [0.2, 0.25) is 0 Å². The molecule has 0 aliphatic carbocycles. The first-order valence-corrected chi connectivity index (χ1v) is 18.2. The van der Waals surface area contributed by atoms with Crippen molar-refractivity contribution in [3.8, 4) is 0 Å². The summed E-state index contributed by atoms with van der Waals surface area (Å²) in [6.45, 7) is 8.63. The van der Waals surface area contributed by atoms with Crippen LogP contribution in [0.3, 0.4) is 0 Å². The van der Waals surface area contributed by atoms with Gasteiger partial charge in [0.2, 0.25) is 10.0 Å². The van der Waals surface area contributed by atoms with Gasteiger partial charge in [0.1, 0.15) is 11.8 Å². The molecule has 3 fully saturated rings. The maximum absolute atomic E-state index is 15.1. The maximum Gasteiger partial charge on any atom is 0.407 e. The molecule has 4 heterocycles. The van der Waals surface area contributed by atoms with Crippen molar-refractivity contribution in [1.82, 2.24) is 29.6 Å². The minimum atomic E-state index is -3.92. The van der Waals surface area contributed by atoms with Crippen LogP contribution in [0.5, 0.6) is 0 Å². The smallest absolute Gasteiger partial charge is 0.407 e. The Morgan fingerprint density at radius 1 is 1.08 bits per heavy atom. The molecule has 0 unspecified atom stereocenters. The number of urea groups is 1. The normalized spacial score (nSPS) is 22.1. The standard InChI is InChI=1S/C34H46FN7O5S/c1-34(2,3)47-33(44)37-29-13-18-41(22-28(29)35)48(45,46)26-8-5-7-23(19-26)21-40-16-11-24(12-17-40)25-9-10-27-30(20-25)39(4)38-31(27)42-15-6-14-36-32(42)43/h5,7-10,19-20,24,28-29H,6,11-18,21-22H2,1-4H3,(H,36,43)(H,37,44)/t28-,29+/m1/s1. The summed E-state index contributed by atoms with van der Waals surface area (Å²) in [5, 5.41) is 11.1. The number of hydrogen-bond acceptors (Lipinski definition) is 7. The average molecular weight is 684 g/mol. The number of aromatic nitrogens is 2. The molecule has 3 amide bonds. The lowest BCUT2D eigenvalue weighted by molar-refractivity contribution is 0.0438. The molecule has 3 saturated heterocycles. The Morgan fingerprint density at radius 2 is 1.85 bits per heavy atom. The van der Waals surface area contributed by atoms with Gasteiger partial charge < -0.3 is 15.4 Å². The second kappa shape index (κ2) is 13.6. The molecule has 1 aromatic heterocycles. The Balaban J connectivity index is 1.05. The van der Waals surface area contributed by atoms with E-state index in [0.717, 1.165) is 48.8 Å². The number of sulfonamides is 1. The van der Waals surface area contributed by atoms with Crippen LogP contribution in [0.25, 0.3) is 10.9 Å². The topological polar surface area (TPSA) is 129 Å². The number of halogens is 1. The second-order valence-electron chi connectivity index (χ2n) is 14.1. The number of fused-ring (bicyclic) bond motifs is 1. The van der Waals surface area contributed by atoms with Gasteiger partial charge in [0.25, 0.3) is 0 Å². The summed E-state index contributed by atoms with van der Waals surface area (Å²) in [7, 11) is -2.00. The zero-order valence-corrected chi connectivity index (χ0v) is 28.9. The molecule has 0 bridgehead atoms. The molecular formula is C34H46FN7O5S. The molecule has 0 saturated carbocycles. The van der Waals surface area contributed by atoms with E-state index in [2.05, 4.69) is 38.8 Å². The molecule has 2 atom stereocenters. The van der Waals surface area contributed by atoms with Gasteiger partial charge in [0.05, 0.1) is 16.5 Å². The van der Waals surface area contributed by atoms with E-state index < -0.39 is 33.9 Å². The molecule has 0 radical (unpaired) electrons. The Kier molecular flexibility index (Phi) is 9.69. The highest BCUT2D eigenvalue weighted by Crippen LogP contribution is 2.34. The number of hydrogen-bond donors (Lipinski definition) is 2. The minimum absolute atomic E-state index is 0.0977. The van der Waals surface area contributed by atoms with E-state index in [1.807, 2.05) is 17.8 Å². The third-order valence-corrected chi connectivity index (χ3v) is 11.3. The quantitative estimate of drug-likeness (QED) is 0.376. The van der Waals surface area contributed by atoms with Crippen LogP contribution >= 0.6 is 0 Å². The van der Waals surface area contributed by atoms with Crippen LogP contribution in [0.15, 0.2) is 47.4 Å². The molecule has 0 spiro atoms. The van der Waals surface area contributed by atoms with E-state index in [1.165, 1.54) is 9.87 Å². The van der Waals surface area contributed by atoms with E-state index in [9.17, 15) is 18.0 Å². The second-order valence-corrected chi connectivity index (χ2v) is 16.0. The van der Waals surface area contributed by atoms with E-state index in [-0.39, 0.29) is 30.4 Å². The minimum Gasteiger partial charge on any atom is -0.444 e. The Labute approximate surface area is 281 Å². The summed E-state index contributed by atoms with van der Waals surface area (Å²) in [6, 6.07) is 12.4. The van der Waals surface area contributed by atoms with Gasteiger partial charge in [0, 0.05) is 45.2 Å². The van der Waals surface area contributed by atoms with Crippen molar-refractivity contribution in [3.63, 3.8) is 0 Å². The number of rotatable bonds is 7. The van der Waals surface area contributed by atoms with Crippen molar-refractivity contribution in [1.29, 1.82) is 0 Å². The monoisotopic (exact) mass is 683 g/mol. The van der Waals surface area contributed by atoms with Crippen molar-refractivity contribution in [3.05, 3.63) is 53.6 Å². The van der Waals surface area contributed by atoms with Gasteiger partial charge in [-0.15, -0.1) is 0 Å². The number of piperidine rings is 2. The molecular weight excluding hydrogens is 637 g/mol. The Morgan fingerprint density at radius 3 is 2.56 bits per heavy atom. The summed E-state index contributed by atoms with van der Waals surface area (Å²) >= 11 is 0. The largest absolute Gasteiger partial charge is 0.444 e. The Hall–Kier alpha value is -3.75. The van der Waals surface area contributed by atoms with Crippen molar-refractivity contribution in [2.45, 2.75) is 81.6 Å². The molecule has 3 aliphatic rings. The Bertz CT molecular complexity index is 1770. The fourth-order valence-electron chi connectivity index (χ4n) is 6.89. The fourth-order valence-corrected chi connectivity index (χ4v) is 8.43. The lowest BCUT2D eigenvalue weighted by atomic mass is 9.89. The maximum atomic E-state index is 15.1. The predicted molar refractivity (Wildman–Crippen MR) is 181 cm³/mol. The molecule has 12 nitrogen and oxygen atoms in total. The zero-order valence-electron chi connectivity index (χ0n) is 28.1. The molecule has 3 aromatic rings. The number of alkyl halides is 1. The fraction of sp³-hybridized carbons (Fsp3) is 0.559. The lowest BCUT2D eigenvalue weighted by Gasteiger charge is -2.34. The number of carbonyl (C=O) groups excluding carboxylic acids is 2. The molecule has 3 aliphatic heterocycles.